The van der Waals surface area contributed by atoms with E-state index >= 15 is 0 Å². The van der Waals surface area contributed by atoms with Crippen LogP contribution in [0.4, 0.5) is 5.69 Å². The van der Waals surface area contributed by atoms with Crippen molar-refractivity contribution in [2.45, 2.75) is 13.8 Å². The lowest BCUT2D eigenvalue weighted by Crippen LogP contribution is -2.23. The third-order valence-corrected chi connectivity index (χ3v) is 3.41. The van der Waals surface area contributed by atoms with Crippen LogP contribution < -0.4 is 14.8 Å². The lowest BCUT2D eigenvalue weighted by atomic mass is 10.1. The summed E-state index contributed by atoms with van der Waals surface area (Å²) in [7, 11) is 0. The maximum Gasteiger partial charge on any atom is 0.344 e. The Kier molecular flexibility index (Phi) is 7.37. The Morgan fingerprint density at radius 3 is 2.30 bits per heavy atom. The number of para-hydroxylation sites is 2. The predicted octanol–water partition coefficient (Wildman–Crippen LogP) is 2.85. The van der Waals surface area contributed by atoms with Gasteiger partial charge in [0.15, 0.2) is 30.5 Å². The van der Waals surface area contributed by atoms with E-state index in [1.165, 1.54) is 6.92 Å². The van der Waals surface area contributed by atoms with E-state index in [1.807, 2.05) is 6.92 Å². The van der Waals surface area contributed by atoms with Crippen LogP contribution in [0.2, 0.25) is 0 Å². The summed E-state index contributed by atoms with van der Waals surface area (Å²) in [6, 6.07) is 13.4. The van der Waals surface area contributed by atoms with E-state index in [0.717, 1.165) is 0 Å². The number of nitrogens with one attached hydrogen (secondary N) is 1. The average molecular weight is 371 g/mol. The van der Waals surface area contributed by atoms with E-state index in [1.54, 1.807) is 48.5 Å². The summed E-state index contributed by atoms with van der Waals surface area (Å²) in [6.07, 6.45) is 0. The smallest absolute Gasteiger partial charge is 0.344 e. The molecule has 0 heterocycles. The number of carbonyl (C=O) groups is 3. The summed E-state index contributed by atoms with van der Waals surface area (Å²) in [4.78, 5) is 35.0. The minimum atomic E-state index is -0.686. The van der Waals surface area contributed by atoms with Crippen molar-refractivity contribution in [1.29, 1.82) is 0 Å². The molecule has 0 fully saturated rings. The van der Waals surface area contributed by atoms with E-state index in [4.69, 9.17) is 14.2 Å². The summed E-state index contributed by atoms with van der Waals surface area (Å²) >= 11 is 0. The molecule has 0 atom stereocenters. The molecule has 0 saturated carbocycles. The fourth-order valence-corrected chi connectivity index (χ4v) is 2.18. The predicted molar refractivity (Wildman–Crippen MR) is 99.1 cm³/mol. The summed E-state index contributed by atoms with van der Waals surface area (Å²) in [5.74, 6) is -0.368. The van der Waals surface area contributed by atoms with Crippen molar-refractivity contribution < 1.29 is 28.6 Å². The van der Waals surface area contributed by atoms with Crippen LogP contribution in [0.15, 0.2) is 48.5 Å². The number of benzene rings is 2. The van der Waals surface area contributed by atoms with Gasteiger partial charge in [-0.3, -0.25) is 9.59 Å². The molecule has 0 aliphatic rings. The molecule has 7 heteroatoms. The molecular formula is C20H21NO6. The van der Waals surface area contributed by atoms with Gasteiger partial charge in [0.1, 0.15) is 0 Å². The number of amides is 1. The fourth-order valence-electron chi connectivity index (χ4n) is 2.18. The first-order valence-corrected chi connectivity index (χ1v) is 8.40. The Hall–Kier alpha value is -3.35. The number of anilines is 1. The van der Waals surface area contributed by atoms with Crippen molar-refractivity contribution in [1.82, 2.24) is 0 Å². The number of hydrogen-bond donors (Lipinski definition) is 1. The highest BCUT2D eigenvalue weighted by Crippen LogP contribution is 2.26. The van der Waals surface area contributed by atoms with Crippen molar-refractivity contribution in [3.8, 4) is 11.5 Å². The molecule has 0 saturated heterocycles. The number of rotatable bonds is 9. The molecule has 2 rings (SSSR count). The normalized spacial score (nSPS) is 10.0. The molecule has 0 aliphatic carbocycles. The Morgan fingerprint density at radius 2 is 1.63 bits per heavy atom. The van der Waals surface area contributed by atoms with E-state index in [0.29, 0.717) is 29.4 Å². The molecule has 0 aliphatic heterocycles. The maximum atomic E-state index is 11.9. The van der Waals surface area contributed by atoms with Gasteiger partial charge in [0.2, 0.25) is 0 Å². The molecule has 1 amide bonds. The molecule has 0 radical (unpaired) electrons. The Labute approximate surface area is 157 Å². The van der Waals surface area contributed by atoms with Crippen LogP contribution in [0.5, 0.6) is 11.5 Å². The van der Waals surface area contributed by atoms with Crippen molar-refractivity contribution in [2.75, 3.05) is 25.1 Å². The first kappa shape index (κ1) is 20.0. The first-order chi connectivity index (χ1) is 13.0. The van der Waals surface area contributed by atoms with E-state index in [9.17, 15) is 14.4 Å². The number of ether oxygens (including phenoxy) is 3. The number of hydrogen-bond acceptors (Lipinski definition) is 6. The number of carbonyl (C=O) groups excluding carboxylic acids is 3. The molecular weight excluding hydrogens is 350 g/mol. The van der Waals surface area contributed by atoms with Crippen LogP contribution in [-0.2, 0) is 14.3 Å². The van der Waals surface area contributed by atoms with Gasteiger partial charge in [0, 0.05) is 11.3 Å². The Bertz CT molecular complexity index is 818. The van der Waals surface area contributed by atoms with E-state index < -0.39 is 18.5 Å². The zero-order valence-electron chi connectivity index (χ0n) is 15.2. The van der Waals surface area contributed by atoms with Gasteiger partial charge in [-0.1, -0.05) is 24.3 Å². The summed E-state index contributed by atoms with van der Waals surface area (Å²) in [5, 5.41) is 2.56. The summed E-state index contributed by atoms with van der Waals surface area (Å²) in [6.45, 7) is 2.94. The van der Waals surface area contributed by atoms with Crippen molar-refractivity contribution >= 4 is 23.3 Å². The molecule has 27 heavy (non-hydrogen) atoms. The van der Waals surface area contributed by atoms with Crippen molar-refractivity contribution in [3.63, 3.8) is 0 Å². The zero-order valence-corrected chi connectivity index (χ0v) is 15.2. The quantitative estimate of drug-likeness (QED) is 0.538. The molecule has 142 valence electrons. The number of esters is 1. The van der Waals surface area contributed by atoms with E-state index in [2.05, 4.69) is 5.32 Å². The fraction of sp³-hybridized carbons (Fsp3) is 0.250. The van der Waals surface area contributed by atoms with Crippen molar-refractivity contribution in [3.05, 3.63) is 54.1 Å². The first-order valence-electron chi connectivity index (χ1n) is 8.40. The topological polar surface area (TPSA) is 90.9 Å². The number of Topliss-reactive ketones (excluding diaryl/α,β-unsaturated/α-hetero) is 1. The second-order valence-electron chi connectivity index (χ2n) is 5.51. The monoisotopic (exact) mass is 371 g/mol. The largest absolute Gasteiger partial charge is 0.490 e. The molecule has 1 N–H and O–H groups in total. The maximum absolute atomic E-state index is 11.9. The number of ketones is 1. The Balaban J connectivity index is 1.79. The van der Waals surface area contributed by atoms with Gasteiger partial charge >= 0.3 is 5.97 Å². The second-order valence-corrected chi connectivity index (χ2v) is 5.51. The van der Waals surface area contributed by atoms with Gasteiger partial charge in [-0.2, -0.15) is 0 Å². The van der Waals surface area contributed by atoms with Gasteiger partial charge in [0.05, 0.1) is 6.61 Å². The highest BCUT2D eigenvalue weighted by atomic mass is 16.6. The standard InChI is InChI=1S/C20H21NO6/c1-3-25-17-9-4-5-10-18(17)26-13-20(24)27-12-19(23)21-16-8-6-7-15(11-16)14(2)22/h4-11H,3,12-13H2,1-2H3,(H,21,23). The van der Waals surface area contributed by atoms with Crippen LogP contribution in [-0.4, -0.2) is 37.5 Å². The Morgan fingerprint density at radius 1 is 0.926 bits per heavy atom. The van der Waals surface area contributed by atoms with Gasteiger partial charge in [0.25, 0.3) is 5.91 Å². The SMILES string of the molecule is CCOc1ccccc1OCC(=O)OCC(=O)Nc1cccc(C(C)=O)c1. The lowest BCUT2D eigenvalue weighted by Gasteiger charge is -2.11. The van der Waals surface area contributed by atoms with Crippen LogP contribution in [0, 0.1) is 0 Å². The van der Waals surface area contributed by atoms with Crippen molar-refractivity contribution in [2.24, 2.45) is 0 Å². The molecule has 7 nitrogen and oxygen atoms in total. The molecule has 0 unspecified atom stereocenters. The van der Waals surface area contributed by atoms with Gasteiger partial charge < -0.3 is 19.5 Å². The van der Waals surface area contributed by atoms with Crippen LogP contribution in [0.25, 0.3) is 0 Å². The molecule has 0 aromatic heterocycles. The van der Waals surface area contributed by atoms with Gasteiger partial charge in [-0.05, 0) is 38.1 Å². The second kappa shape index (κ2) is 9.96. The van der Waals surface area contributed by atoms with E-state index in [-0.39, 0.29) is 12.4 Å². The average Bonchev–Trinajstić information content (AvgIpc) is 2.66. The zero-order chi connectivity index (χ0) is 19.6. The molecule has 2 aromatic rings. The minimum absolute atomic E-state index is 0.109. The summed E-state index contributed by atoms with van der Waals surface area (Å²) < 4.78 is 15.7. The van der Waals surface area contributed by atoms with Gasteiger partial charge in [-0.15, -0.1) is 0 Å². The van der Waals surface area contributed by atoms with Crippen LogP contribution >= 0.6 is 0 Å². The minimum Gasteiger partial charge on any atom is -0.490 e. The van der Waals surface area contributed by atoms with Crippen LogP contribution in [0.3, 0.4) is 0 Å². The summed E-state index contributed by atoms with van der Waals surface area (Å²) in [5.41, 5.74) is 0.928. The molecule has 2 aromatic carbocycles. The van der Waals surface area contributed by atoms with Crippen LogP contribution in [0.1, 0.15) is 24.2 Å². The molecule has 0 spiro atoms. The molecule has 0 bridgehead atoms. The highest BCUT2D eigenvalue weighted by Gasteiger charge is 2.11. The third-order valence-electron chi connectivity index (χ3n) is 3.41. The lowest BCUT2D eigenvalue weighted by molar-refractivity contribution is -0.149. The highest BCUT2D eigenvalue weighted by molar-refractivity contribution is 5.97. The van der Waals surface area contributed by atoms with Gasteiger partial charge in [-0.25, -0.2) is 4.79 Å². The third kappa shape index (κ3) is 6.47.